The Kier molecular flexibility index (Phi) is 5.72. The monoisotopic (exact) mass is 270 g/mol. The molecule has 1 aliphatic carbocycles. The molecule has 0 aliphatic heterocycles. The first-order valence-corrected chi connectivity index (χ1v) is 7.02. The van der Waals surface area contributed by atoms with Crippen LogP contribution >= 0.6 is 12.4 Å². The van der Waals surface area contributed by atoms with Gasteiger partial charge in [0.05, 0.1) is 5.75 Å². The lowest BCUT2D eigenvalue weighted by molar-refractivity contribution is 0.291. The van der Waals surface area contributed by atoms with Crippen molar-refractivity contribution in [2.45, 2.75) is 26.7 Å². The van der Waals surface area contributed by atoms with Crippen molar-refractivity contribution >= 4 is 22.4 Å². The highest BCUT2D eigenvalue weighted by Gasteiger charge is 2.32. The summed E-state index contributed by atoms with van der Waals surface area (Å²) in [5, 5.41) is 0. The van der Waals surface area contributed by atoms with E-state index in [4.69, 9.17) is 5.73 Å². The van der Waals surface area contributed by atoms with Crippen LogP contribution in [-0.2, 0) is 10.0 Å². The van der Waals surface area contributed by atoms with Crippen LogP contribution in [0.25, 0.3) is 0 Å². The second-order valence-electron chi connectivity index (χ2n) is 5.35. The zero-order valence-electron chi connectivity index (χ0n) is 10.3. The molecule has 0 atom stereocenters. The van der Waals surface area contributed by atoms with Crippen molar-refractivity contribution in [2.75, 3.05) is 25.9 Å². The van der Waals surface area contributed by atoms with Crippen molar-refractivity contribution in [1.29, 1.82) is 0 Å². The lowest BCUT2D eigenvalue weighted by Crippen LogP contribution is -2.40. The molecule has 16 heavy (non-hydrogen) atoms. The second kappa shape index (κ2) is 5.67. The third kappa shape index (κ3) is 4.99. The van der Waals surface area contributed by atoms with Gasteiger partial charge in [0, 0.05) is 13.6 Å². The fourth-order valence-corrected chi connectivity index (χ4v) is 3.21. The third-order valence-electron chi connectivity index (χ3n) is 2.82. The van der Waals surface area contributed by atoms with Crippen molar-refractivity contribution in [2.24, 2.45) is 17.1 Å². The molecule has 2 N–H and O–H groups in total. The van der Waals surface area contributed by atoms with Gasteiger partial charge in [0.15, 0.2) is 0 Å². The highest BCUT2D eigenvalue weighted by atomic mass is 35.5. The SMILES string of the molecule is CN(CC(C)(C)CN)S(=O)(=O)CC1CC1.Cl. The third-order valence-corrected chi connectivity index (χ3v) is 4.79. The van der Waals surface area contributed by atoms with Crippen molar-refractivity contribution in [1.82, 2.24) is 4.31 Å². The Balaban J connectivity index is 0.00000225. The van der Waals surface area contributed by atoms with Crippen molar-refractivity contribution in [3.8, 4) is 0 Å². The normalized spacial score (nSPS) is 17.3. The Morgan fingerprint density at radius 2 is 1.88 bits per heavy atom. The lowest BCUT2D eigenvalue weighted by atomic mass is 9.94. The Bertz CT molecular complexity index is 313. The van der Waals surface area contributed by atoms with Crippen LogP contribution in [0.15, 0.2) is 0 Å². The first-order chi connectivity index (χ1) is 6.77. The molecular weight excluding hydrogens is 248 g/mol. The summed E-state index contributed by atoms with van der Waals surface area (Å²) in [5.74, 6) is 0.711. The Morgan fingerprint density at radius 3 is 2.25 bits per heavy atom. The predicted octanol–water partition coefficient (Wildman–Crippen LogP) is 1.06. The predicted molar refractivity (Wildman–Crippen MR) is 69.2 cm³/mol. The highest BCUT2D eigenvalue weighted by molar-refractivity contribution is 7.89. The molecule has 4 nitrogen and oxygen atoms in total. The largest absolute Gasteiger partial charge is 0.330 e. The summed E-state index contributed by atoms with van der Waals surface area (Å²) in [6.45, 7) is 4.96. The van der Waals surface area contributed by atoms with Gasteiger partial charge in [-0.3, -0.25) is 0 Å². The molecule has 98 valence electrons. The average molecular weight is 271 g/mol. The van der Waals surface area contributed by atoms with Crippen molar-refractivity contribution in [3.63, 3.8) is 0 Å². The molecule has 0 amide bonds. The number of rotatable bonds is 6. The van der Waals surface area contributed by atoms with E-state index in [-0.39, 0.29) is 17.8 Å². The molecule has 0 radical (unpaired) electrons. The second-order valence-corrected chi connectivity index (χ2v) is 7.47. The van der Waals surface area contributed by atoms with Crippen LogP contribution in [0.4, 0.5) is 0 Å². The number of nitrogens with two attached hydrogens (primary N) is 1. The molecule has 1 aliphatic rings. The maximum atomic E-state index is 11.9. The minimum absolute atomic E-state index is 0. The average Bonchev–Trinajstić information content (AvgIpc) is 2.87. The first-order valence-electron chi connectivity index (χ1n) is 5.41. The van der Waals surface area contributed by atoms with Gasteiger partial charge >= 0.3 is 0 Å². The molecule has 0 saturated heterocycles. The molecule has 0 aromatic rings. The molecule has 0 unspecified atom stereocenters. The van der Waals surface area contributed by atoms with Gasteiger partial charge in [-0.2, -0.15) is 0 Å². The van der Waals surface area contributed by atoms with Crippen LogP contribution in [0.3, 0.4) is 0 Å². The Hall–Kier alpha value is 0.160. The fourth-order valence-electron chi connectivity index (χ4n) is 1.48. The Morgan fingerprint density at radius 1 is 1.38 bits per heavy atom. The minimum atomic E-state index is -3.06. The number of nitrogens with zero attached hydrogens (tertiary/aromatic N) is 1. The summed E-state index contributed by atoms with van der Waals surface area (Å²) in [4.78, 5) is 0. The van der Waals surface area contributed by atoms with Crippen LogP contribution < -0.4 is 5.73 Å². The van der Waals surface area contributed by atoms with Gasteiger partial charge < -0.3 is 5.73 Å². The molecule has 0 aromatic carbocycles. The summed E-state index contributed by atoms with van der Waals surface area (Å²) >= 11 is 0. The summed E-state index contributed by atoms with van der Waals surface area (Å²) in [6, 6.07) is 0. The molecule has 6 heteroatoms. The summed E-state index contributed by atoms with van der Waals surface area (Å²) in [6.07, 6.45) is 2.13. The van der Waals surface area contributed by atoms with Crippen molar-refractivity contribution in [3.05, 3.63) is 0 Å². The lowest BCUT2D eigenvalue weighted by Gasteiger charge is -2.28. The van der Waals surface area contributed by atoms with Crippen molar-refractivity contribution < 1.29 is 8.42 Å². The van der Waals surface area contributed by atoms with E-state index in [9.17, 15) is 8.42 Å². The molecule has 1 rings (SSSR count). The standard InChI is InChI=1S/C10H22N2O2S.ClH/c1-10(2,7-11)8-12(3)15(13,14)6-9-4-5-9;/h9H,4-8,11H2,1-3H3;1H. The van der Waals surface area contributed by atoms with Gasteiger partial charge in [-0.05, 0) is 30.7 Å². The van der Waals surface area contributed by atoms with Gasteiger partial charge in [-0.25, -0.2) is 12.7 Å². The van der Waals surface area contributed by atoms with Crippen LogP contribution in [0.1, 0.15) is 26.7 Å². The quantitative estimate of drug-likeness (QED) is 0.785. The van der Waals surface area contributed by atoms with Crippen LogP contribution in [0.5, 0.6) is 0 Å². The van der Waals surface area contributed by atoms with E-state index in [1.807, 2.05) is 13.8 Å². The summed E-state index contributed by atoms with van der Waals surface area (Å²) < 4.78 is 25.2. The zero-order chi connectivity index (χ0) is 11.7. The number of hydrogen-bond donors (Lipinski definition) is 1. The molecule has 0 aromatic heterocycles. The first kappa shape index (κ1) is 16.2. The van der Waals surface area contributed by atoms with E-state index in [1.165, 1.54) is 4.31 Å². The smallest absolute Gasteiger partial charge is 0.214 e. The van der Waals surface area contributed by atoms with E-state index in [2.05, 4.69) is 0 Å². The van der Waals surface area contributed by atoms with E-state index in [1.54, 1.807) is 7.05 Å². The number of hydrogen-bond acceptors (Lipinski definition) is 3. The maximum Gasteiger partial charge on any atom is 0.214 e. The Labute approximate surface area is 105 Å². The van der Waals surface area contributed by atoms with Gasteiger partial charge in [-0.1, -0.05) is 13.8 Å². The molecule has 0 bridgehead atoms. The van der Waals surface area contributed by atoms with Gasteiger partial charge in [0.25, 0.3) is 0 Å². The van der Waals surface area contributed by atoms with E-state index >= 15 is 0 Å². The zero-order valence-corrected chi connectivity index (χ0v) is 11.9. The molecule has 1 fully saturated rings. The van der Waals surface area contributed by atoms with Crippen LogP contribution in [0, 0.1) is 11.3 Å². The molecular formula is C10H23ClN2O2S. The van der Waals surface area contributed by atoms with Gasteiger partial charge in [0.2, 0.25) is 10.0 Å². The van der Waals surface area contributed by atoms with E-state index in [0.29, 0.717) is 24.8 Å². The minimum Gasteiger partial charge on any atom is -0.330 e. The van der Waals surface area contributed by atoms with Gasteiger partial charge in [-0.15, -0.1) is 12.4 Å². The van der Waals surface area contributed by atoms with E-state index < -0.39 is 10.0 Å². The van der Waals surface area contributed by atoms with Crippen LogP contribution in [-0.4, -0.2) is 38.6 Å². The molecule has 0 spiro atoms. The van der Waals surface area contributed by atoms with Crippen LogP contribution in [0.2, 0.25) is 0 Å². The summed E-state index contributed by atoms with van der Waals surface area (Å²) in [5.41, 5.74) is 5.44. The molecule has 1 saturated carbocycles. The summed E-state index contributed by atoms with van der Waals surface area (Å²) in [7, 11) is -1.41. The maximum absolute atomic E-state index is 11.9. The fraction of sp³-hybridized carbons (Fsp3) is 1.00. The van der Waals surface area contributed by atoms with E-state index in [0.717, 1.165) is 12.8 Å². The van der Waals surface area contributed by atoms with Gasteiger partial charge in [0.1, 0.15) is 0 Å². The number of halogens is 1. The topological polar surface area (TPSA) is 63.4 Å². The highest BCUT2D eigenvalue weighted by Crippen LogP contribution is 2.31. The number of sulfonamides is 1. The molecule has 0 heterocycles.